The number of carbonyl (C=O) groups is 1. The lowest BCUT2D eigenvalue weighted by atomic mass is 10.2. The number of aromatic carboxylic acids is 1. The van der Waals surface area contributed by atoms with Crippen LogP contribution in [0.25, 0.3) is 0 Å². The lowest BCUT2D eigenvalue weighted by Crippen LogP contribution is -2.19. The van der Waals surface area contributed by atoms with Crippen molar-refractivity contribution in [2.75, 3.05) is 6.61 Å². The van der Waals surface area contributed by atoms with E-state index in [0.717, 1.165) is 12.3 Å². The molecule has 88 valence electrons. The number of carboxylic acid groups (broad SMARTS) is 1. The monoisotopic (exact) mass is 235 g/mol. The van der Waals surface area contributed by atoms with E-state index in [9.17, 15) is 18.0 Å². The van der Waals surface area contributed by atoms with Gasteiger partial charge in [0, 0.05) is 0 Å². The Morgan fingerprint density at radius 1 is 1.56 bits per heavy atom. The Hall–Kier alpha value is -1.79. The number of ether oxygens (including phenoxy) is 1. The quantitative estimate of drug-likeness (QED) is 0.870. The van der Waals surface area contributed by atoms with Crippen molar-refractivity contribution >= 4 is 5.97 Å². The van der Waals surface area contributed by atoms with Crippen molar-refractivity contribution in [3.63, 3.8) is 0 Å². The maximum absolute atomic E-state index is 11.8. The Balaban J connectivity index is 2.80. The highest BCUT2D eigenvalue weighted by atomic mass is 19.4. The van der Waals surface area contributed by atoms with Crippen molar-refractivity contribution in [3.8, 4) is 5.75 Å². The minimum Gasteiger partial charge on any atom is -0.482 e. The normalized spacial score (nSPS) is 11.2. The molecule has 7 heteroatoms. The zero-order valence-corrected chi connectivity index (χ0v) is 8.21. The van der Waals surface area contributed by atoms with Gasteiger partial charge in [-0.15, -0.1) is 0 Å². The lowest BCUT2D eigenvalue weighted by Gasteiger charge is -2.10. The summed E-state index contributed by atoms with van der Waals surface area (Å²) >= 11 is 0. The number of aryl methyl sites for hydroxylation is 1. The summed E-state index contributed by atoms with van der Waals surface area (Å²) in [7, 11) is 0. The number of hydrogen-bond acceptors (Lipinski definition) is 3. The summed E-state index contributed by atoms with van der Waals surface area (Å²) in [6, 6.07) is 1.15. The highest BCUT2D eigenvalue weighted by Crippen LogP contribution is 2.21. The van der Waals surface area contributed by atoms with Crippen LogP contribution in [-0.4, -0.2) is 28.8 Å². The van der Waals surface area contributed by atoms with E-state index in [-0.39, 0.29) is 17.0 Å². The van der Waals surface area contributed by atoms with Gasteiger partial charge >= 0.3 is 12.1 Å². The second-order valence-electron chi connectivity index (χ2n) is 3.04. The Labute approximate surface area is 88.7 Å². The molecule has 0 atom stereocenters. The summed E-state index contributed by atoms with van der Waals surface area (Å²) in [5, 5.41) is 8.58. The smallest absolute Gasteiger partial charge is 0.422 e. The maximum Gasteiger partial charge on any atom is 0.422 e. The minimum absolute atomic E-state index is 0.0812. The third-order valence-electron chi connectivity index (χ3n) is 1.67. The van der Waals surface area contributed by atoms with Gasteiger partial charge in [-0.2, -0.15) is 13.2 Å². The van der Waals surface area contributed by atoms with Gasteiger partial charge in [-0.1, -0.05) is 0 Å². The highest BCUT2D eigenvalue weighted by Gasteiger charge is 2.28. The molecule has 0 aliphatic rings. The molecule has 1 N–H and O–H groups in total. The first-order valence-electron chi connectivity index (χ1n) is 4.19. The number of alkyl halides is 3. The van der Waals surface area contributed by atoms with Gasteiger partial charge in [0.2, 0.25) is 0 Å². The molecule has 0 bridgehead atoms. The first-order chi connectivity index (χ1) is 7.29. The van der Waals surface area contributed by atoms with Crippen LogP contribution in [0.1, 0.15) is 16.1 Å². The maximum atomic E-state index is 11.8. The molecule has 0 saturated carbocycles. The largest absolute Gasteiger partial charge is 0.482 e. The predicted octanol–water partition coefficient (Wildman–Crippen LogP) is 2.03. The van der Waals surface area contributed by atoms with E-state index in [0.29, 0.717) is 0 Å². The van der Waals surface area contributed by atoms with Crippen LogP contribution < -0.4 is 4.74 Å². The average Bonchev–Trinajstić information content (AvgIpc) is 2.14. The third kappa shape index (κ3) is 3.41. The number of pyridine rings is 1. The summed E-state index contributed by atoms with van der Waals surface area (Å²) in [5.74, 6) is -1.33. The number of carboxylic acids is 1. The summed E-state index contributed by atoms with van der Waals surface area (Å²) in [6.07, 6.45) is -3.47. The van der Waals surface area contributed by atoms with Crippen molar-refractivity contribution in [2.45, 2.75) is 13.1 Å². The molecule has 0 saturated heterocycles. The molecule has 0 fully saturated rings. The molecule has 0 radical (unpaired) electrons. The molecular formula is C9H8F3NO3. The average molecular weight is 235 g/mol. The van der Waals surface area contributed by atoms with E-state index in [1.54, 1.807) is 0 Å². The van der Waals surface area contributed by atoms with Crippen molar-refractivity contribution in [1.82, 2.24) is 4.98 Å². The molecule has 1 aromatic rings. The van der Waals surface area contributed by atoms with Gasteiger partial charge in [-0.3, -0.25) is 0 Å². The van der Waals surface area contributed by atoms with Crippen LogP contribution in [0.2, 0.25) is 0 Å². The van der Waals surface area contributed by atoms with Crippen LogP contribution in [-0.2, 0) is 0 Å². The summed E-state index contributed by atoms with van der Waals surface area (Å²) in [6.45, 7) is 0.0156. The standard InChI is InChI=1S/C9H8F3NO3/c1-5-2-6(8(14)15)13-3-7(5)16-4-9(10,11)12/h2-3H,4H2,1H3,(H,14,15). The van der Waals surface area contributed by atoms with Crippen LogP contribution >= 0.6 is 0 Å². The molecule has 16 heavy (non-hydrogen) atoms. The van der Waals surface area contributed by atoms with Crippen LogP contribution in [0, 0.1) is 6.92 Å². The first-order valence-corrected chi connectivity index (χ1v) is 4.19. The number of halogens is 3. The van der Waals surface area contributed by atoms with E-state index >= 15 is 0 Å². The zero-order chi connectivity index (χ0) is 12.3. The van der Waals surface area contributed by atoms with Gasteiger partial charge < -0.3 is 9.84 Å². The fourth-order valence-corrected chi connectivity index (χ4v) is 0.971. The fourth-order valence-electron chi connectivity index (χ4n) is 0.971. The molecule has 1 aromatic heterocycles. The van der Waals surface area contributed by atoms with Crippen LogP contribution in [0.15, 0.2) is 12.3 Å². The second kappa shape index (κ2) is 4.38. The number of rotatable bonds is 3. The van der Waals surface area contributed by atoms with Gasteiger partial charge in [0.15, 0.2) is 6.61 Å². The number of hydrogen-bond donors (Lipinski definition) is 1. The minimum atomic E-state index is -4.43. The number of aromatic nitrogens is 1. The second-order valence-corrected chi connectivity index (χ2v) is 3.04. The van der Waals surface area contributed by atoms with E-state index in [4.69, 9.17) is 5.11 Å². The van der Waals surface area contributed by atoms with Crippen molar-refractivity contribution in [3.05, 3.63) is 23.5 Å². The van der Waals surface area contributed by atoms with Gasteiger partial charge in [-0.05, 0) is 18.6 Å². The van der Waals surface area contributed by atoms with Gasteiger partial charge in [0.1, 0.15) is 11.4 Å². The molecule has 0 amide bonds. The molecule has 0 aromatic carbocycles. The van der Waals surface area contributed by atoms with Crippen LogP contribution in [0.4, 0.5) is 13.2 Å². The predicted molar refractivity (Wildman–Crippen MR) is 47.5 cm³/mol. The molecular weight excluding hydrogens is 227 g/mol. The van der Waals surface area contributed by atoms with Gasteiger partial charge in [0.05, 0.1) is 6.20 Å². The van der Waals surface area contributed by atoms with Crippen LogP contribution in [0.5, 0.6) is 5.75 Å². The molecule has 4 nitrogen and oxygen atoms in total. The zero-order valence-electron chi connectivity index (χ0n) is 8.21. The Kier molecular flexibility index (Phi) is 3.36. The van der Waals surface area contributed by atoms with E-state index in [1.807, 2.05) is 0 Å². The molecule has 0 aliphatic heterocycles. The van der Waals surface area contributed by atoms with Gasteiger partial charge in [0.25, 0.3) is 0 Å². The van der Waals surface area contributed by atoms with E-state index in [1.165, 1.54) is 6.92 Å². The van der Waals surface area contributed by atoms with Crippen molar-refractivity contribution in [2.24, 2.45) is 0 Å². The Bertz CT molecular complexity index is 403. The van der Waals surface area contributed by atoms with Crippen molar-refractivity contribution < 1.29 is 27.8 Å². The Morgan fingerprint density at radius 2 is 2.19 bits per heavy atom. The third-order valence-corrected chi connectivity index (χ3v) is 1.67. The molecule has 0 unspecified atom stereocenters. The summed E-state index contributed by atoms with van der Waals surface area (Å²) in [4.78, 5) is 13.9. The fraction of sp³-hybridized carbons (Fsp3) is 0.333. The first kappa shape index (κ1) is 12.3. The Morgan fingerprint density at radius 3 is 2.62 bits per heavy atom. The lowest BCUT2D eigenvalue weighted by molar-refractivity contribution is -0.153. The SMILES string of the molecule is Cc1cc(C(=O)O)ncc1OCC(F)(F)F. The summed E-state index contributed by atoms with van der Waals surface area (Å²) in [5.41, 5.74) is 0.0495. The van der Waals surface area contributed by atoms with E-state index in [2.05, 4.69) is 9.72 Å². The molecule has 0 spiro atoms. The van der Waals surface area contributed by atoms with Gasteiger partial charge in [-0.25, -0.2) is 9.78 Å². The van der Waals surface area contributed by atoms with Crippen molar-refractivity contribution in [1.29, 1.82) is 0 Å². The molecule has 0 aliphatic carbocycles. The summed E-state index contributed by atoms with van der Waals surface area (Å²) < 4.78 is 40.0. The number of nitrogens with zero attached hydrogens (tertiary/aromatic N) is 1. The topological polar surface area (TPSA) is 59.4 Å². The molecule has 1 rings (SSSR count). The van der Waals surface area contributed by atoms with E-state index < -0.39 is 18.8 Å². The van der Waals surface area contributed by atoms with Crippen LogP contribution in [0.3, 0.4) is 0 Å². The molecule has 1 heterocycles. The highest BCUT2D eigenvalue weighted by molar-refractivity contribution is 5.85.